The van der Waals surface area contributed by atoms with E-state index in [0.717, 1.165) is 11.3 Å². The van der Waals surface area contributed by atoms with Crippen LogP contribution in [0.4, 0.5) is 5.69 Å². The average Bonchev–Trinajstić information content (AvgIpc) is 3.20. The van der Waals surface area contributed by atoms with Gasteiger partial charge in [0.05, 0.1) is 22.4 Å². The molecule has 7 nitrogen and oxygen atoms in total. The number of aryl methyl sites for hydroxylation is 1. The molecule has 0 radical (unpaired) electrons. The maximum atomic E-state index is 12.9. The van der Waals surface area contributed by atoms with Gasteiger partial charge < -0.3 is 15.2 Å². The van der Waals surface area contributed by atoms with Crippen molar-refractivity contribution in [1.29, 1.82) is 0 Å². The fraction of sp³-hybridized carbons (Fsp3) is 0.280. The minimum atomic E-state index is -0.410. The summed E-state index contributed by atoms with van der Waals surface area (Å²) in [7, 11) is 0. The summed E-state index contributed by atoms with van der Waals surface area (Å²) in [5, 5.41) is 15.5. The van der Waals surface area contributed by atoms with Crippen molar-refractivity contribution >= 4 is 40.9 Å². The smallest absolute Gasteiger partial charge is 0.253 e. The lowest BCUT2D eigenvalue weighted by Gasteiger charge is -2.23. The zero-order chi connectivity index (χ0) is 24.7. The Labute approximate surface area is 209 Å². The first-order chi connectivity index (χ1) is 16.3. The molecule has 2 N–H and O–H groups in total. The summed E-state index contributed by atoms with van der Waals surface area (Å²) >= 11 is 7.48. The number of hydrogen-bond donors (Lipinski definition) is 2. The van der Waals surface area contributed by atoms with Gasteiger partial charge in [0.1, 0.15) is 0 Å². The van der Waals surface area contributed by atoms with E-state index in [1.54, 1.807) is 30.3 Å². The number of hydrogen-bond acceptors (Lipinski definition) is 5. The van der Waals surface area contributed by atoms with Gasteiger partial charge in [0, 0.05) is 12.2 Å². The number of carbonyl (C=O) groups excluding carboxylic acids is 2. The van der Waals surface area contributed by atoms with Crippen LogP contribution in [0.3, 0.4) is 0 Å². The van der Waals surface area contributed by atoms with Gasteiger partial charge in [0.2, 0.25) is 5.91 Å². The highest BCUT2D eigenvalue weighted by Gasteiger charge is 2.27. The summed E-state index contributed by atoms with van der Waals surface area (Å²) in [5.74, 6) is 0.361. The van der Waals surface area contributed by atoms with E-state index in [9.17, 15) is 9.59 Å². The Morgan fingerprint density at radius 1 is 1.15 bits per heavy atom. The van der Waals surface area contributed by atoms with Gasteiger partial charge in [-0.05, 0) is 37.1 Å². The van der Waals surface area contributed by atoms with E-state index >= 15 is 0 Å². The van der Waals surface area contributed by atoms with Crippen molar-refractivity contribution in [3.8, 4) is 0 Å². The largest absolute Gasteiger partial charge is 0.342 e. The first-order valence-corrected chi connectivity index (χ1v) is 12.2. The molecule has 1 heterocycles. The van der Waals surface area contributed by atoms with Gasteiger partial charge in [-0.2, -0.15) is 0 Å². The Kier molecular flexibility index (Phi) is 8.90. The minimum Gasteiger partial charge on any atom is -0.342 e. The SMILES string of the molecule is C=CCn1c(SCC(=O)Nc2ccc(C)cc2)nnc1[C@@H](NC(=O)c1ccccc1Cl)C(C)C. The maximum Gasteiger partial charge on any atom is 0.253 e. The predicted molar refractivity (Wildman–Crippen MR) is 137 cm³/mol. The van der Waals surface area contributed by atoms with Gasteiger partial charge in [-0.15, -0.1) is 16.8 Å². The van der Waals surface area contributed by atoms with E-state index in [2.05, 4.69) is 27.4 Å². The lowest BCUT2D eigenvalue weighted by molar-refractivity contribution is -0.113. The summed E-state index contributed by atoms with van der Waals surface area (Å²) < 4.78 is 1.87. The van der Waals surface area contributed by atoms with Crippen molar-refractivity contribution in [2.45, 2.75) is 38.5 Å². The number of anilines is 1. The molecule has 1 atom stereocenters. The lowest BCUT2D eigenvalue weighted by Crippen LogP contribution is -2.34. The molecule has 0 bridgehead atoms. The van der Waals surface area contributed by atoms with Crippen LogP contribution in [0.5, 0.6) is 0 Å². The molecule has 9 heteroatoms. The van der Waals surface area contributed by atoms with Crippen molar-refractivity contribution in [3.63, 3.8) is 0 Å². The third-order valence-corrected chi connectivity index (χ3v) is 6.37. The molecule has 34 heavy (non-hydrogen) atoms. The Balaban J connectivity index is 1.75. The van der Waals surface area contributed by atoms with E-state index in [0.29, 0.717) is 28.1 Å². The maximum absolute atomic E-state index is 12.9. The molecule has 178 valence electrons. The van der Waals surface area contributed by atoms with Crippen LogP contribution in [0.15, 0.2) is 66.3 Å². The molecule has 2 amide bonds. The number of thioether (sulfide) groups is 1. The predicted octanol–water partition coefficient (Wildman–Crippen LogP) is 5.28. The number of allylic oxidation sites excluding steroid dienone is 1. The second-order valence-corrected chi connectivity index (χ2v) is 9.47. The second kappa shape index (κ2) is 11.9. The van der Waals surface area contributed by atoms with Crippen LogP contribution in [-0.4, -0.2) is 32.3 Å². The molecule has 0 saturated carbocycles. The number of nitrogens with zero attached hydrogens (tertiary/aromatic N) is 3. The fourth-order valence-electron chi connectivity index (χ4n) is 3.30. The summed E-state index contributed by atoms with van der Waals surface area (Å²) in [4.78, 5) is 25.4. The molecular formula is C25H28ClN5O2S. The zero-order valence-corrected chi connectivity index (χ0v) is 21.0. The number of halogens is 1. The molecule has 0 spiro atoms. The second-order valence-electron chi connectivity index (χ2n) is 8.12. The molecule has 0 fully saturated rings. The van der Waals surface area contributed by atoms with Gasteiger partial charge in [-0.1, -0.05) is 73.1 Å². The van der Waals surface area contributed by atoms with Crippen LogP contribution in [0, 0.1) is 12.8 Å². The Morgan fingerprint density at radius 2 is 1.85 bits per heavy atom. The third-order valence-electron chi connectivity index (χ3n) is 5.07. The van der Waals surface area contributed by atoms with Crippen molar-refractivity contribution in [1.82, 2.24) is 20.1 Å². The standard InChI is InChI=1S/C25H28ClN5O2S/c1-5-14-31-23(22(16(2)3)28-24(33)19-8-6-7-9-20(19)26)29-30-25(31)34-15-21(32)27-18-12-10-17(4)11-13-18/h5-13,16,22H,1,14-15H2,2-4H3,(H,27,32)(H,28,33)/t22-/m0/s1. The zero-order valence-electron chi connectivity index (χ0n) is 19.4. The number of nitrogens with one attached hydrogen (secondary N) is 2. The molecule has 1 aromatic heterocycles. The monoisotopic (exact) mass is 497 g/mol. The van der Waals surface area contributed by atoms with E-state index in [-0.39, 0.29) is 23.5 Å². The Morgan fingerprint density at radius 3 is 2.50 bits per heavy atom. The first-order valence-electron chi connectivity index (χ1n) is 10.9. The summed E-state index contributed by atoms with van der Waals surface area (Å²) in [5.41, 5.74) is 2.26. The number of aromatic nitrogens is 3. The molecule has 3 rings (SSSR count). The normalized spacial score (nSPS) is 11.8. The van der Waals surface area contributed by atoms with Crippen molar-refractivity contribution in [2.75, 3.05) is 11.1 Å². The molecule has 0 aliphatic carbocycles. The number of carbonyl (C=O) groups is 2. The molecule has 0 aliphatic heterocycles. The third kappa shape index (κ3) is 6.48. The minimum absolute atomic E-state index is 0.0295. The molecular weight excluding hydrogens is 470 g/mol. The van der Waals surface area contributed by atoms with Gasteiger partial charge in [-0.3, -0.25) is 9.59 Å². The number of amides is 2. The van der Waals surface area contributed by atoms with Gasteiger partial charge >= 0.3 is 0 Å². The number of benzene rings is 2. The highest BCUT2D eigenvalue weighted by molar-refractivity contribution is 7.99. The lowest BCUT2D eigenvalue weighted by atomic mass is 10.0. The van der Waals surface area contributed by atoms with Crippen LogP contribution < -0.4 is 10.6 Å². The Hall–Kier alpha value is -3.10. The van der Waals surface area contributed by atoms with Crippen LogP contribution >= 0.6 is 23.4 Å². The summed E-state index contributed by atoms with van der Waals surface area (Å²) in [6, 6.07) is 14.1. The highest BCUT2D eigenvalue weighted by Crippen LogP contribution is 2.26. The highest BCUT2D eigenvalue weighted by atomic mass is 35.5. The average molecular weight is 498 g/mol. The van der Waals surface area contributed by atoms with Crippen molar-refractivity contribution in [3.05, 3.63) is 83.2 Å². The van der Waals surface area contributed by atoms with Crippen molar-refractivity contribution in [2.24, 2.45) is 5.92 Å². The van der Waals surface area contributed by atoms with E-state index in [1.165, 1.54) is 11.8 Å². The van der Waals surface area contributed by atoms with E-state index in [1.807, 2.05) is 49.6 Å². The molecule has 0 aliphatic rings. The van der Waals surface area contributed by atoms with Crippen LogP contribution in [0.2, 0.25) is 5.02 Å². The van der Waals surface area contributed by atoms with Crippen LogP contribution in [-0.2, 0) is 11.3 Å². The summed E-state index contributed by atoms with van der Waals surface area (Å²) in [6.07, 6.45) is 1.73. The van der Waals surface area contributed by atoms with Crippen LogP contribution in [0.1, 0.15) is 41.6 Å². The van der Waals surface area contributed by atoms with Crippen LogP contribution in [0.25, 0.3) is 0 Å². The number of rotatable bonds is 10. The van der Waals surface area contributed by atoms with E-state index in [4.69, 9.17) is 11.6 Å². The first kappa shape index (κ1) is 25.5. The molecule has 3 aromatic rings. The van der Waals surface area contributed by atoms with Crippen molar-refractivity contribution < 1.29 is 9.59 Å². The topological polar surface area (TPSA) is 88.9 Å². The summed E-state index contributed by atoms with van der Waals surface area (Å²) in [6.45, 7) is 10.2. The Bertz CT molecular complexity index is 1160. The molecule has 0 saturated heterocycles. The van der Waals surface area contributed by atoms with Gasteiger partial charge in [0.25, 0.3) is 5.91 Å². The molecule has 2 aromatic carbocycles. The van der Waals surface area contributed by atoms with E-state index < -0.39 is 6.04 Å². The molecule has 0 unspecified atom stereocenters. The quantitative estimate of drug-likeness (QED) is 0.293. The fourth-order valence-corrected chi connectivity index (χ4v) is 4.27. The van der Waals surface area contributed by atoms with Gasteiger partial charge in [0.15, 0.2) is 11.0 Å². The van der Waals surface area contributed by atoms with Gasteiger partial charge in [-0.25, -0.2) is 0 Å².